The van der Waals surface area contributed by atoms with E-state index in [0.717, 1.165) is 0 Å². The molecule has 0 aromatic carbocycles. The lowest BCUT2D eigenvalue weighted by atomic mass is 10.1. The van der Waals surface area contributed by atoms with Crippen molar-refractivity contribution < 1.29 is 9.59 Å². The summed E-state index contributed by atoms with van der Waals surface area (Å²) in [6.07, 6.45) is 0.600. The van der Waals surface area contributed by atoms with Gasteiger partial charge in [0, 0.05) is 32.6 Å². The molecule has 1 unspecified atom stereocenters. The van der Waals surface area contributed by atoms with E-state index in [9.17, 15) is 9.59 Å². The van der Waals surface area contributed by atoms with Crippen molar-refractivity contribution >= 4 is 27.7 Å². The third-order valence-corrected chi connectivity index (χ3v) is 3.26. The van der Waals surface area contributed by atoms with Gasteiger partial charge >= 0.3 is 0 Å². The van der Waals surface area contributed by atoms with Gasteiger partial charge in [-0.2, -0.15) is 0 Å². The zero-order valence-corrected chi connectivity index (χ0v) is 12.4. The molecule has 0 aliphatic carbocycles. The van der Waals surface area contributed by atoms with Crippen LogP contribution in [0, 0.1) is 5.92 Å². The number of alkyl halides is 1. The highest BCUT2D eigenvalue weighted by Gasteiger charge is 2.25. The molecule has 0 radical (unpaired) electrons. The molecule has 1 atom stereocenters. The van der Waals surface area contributed by atoms with E-state index < -0.39 is 0 Å². The van der Waals surface area contributed by atoms with Crippen molar-refractivity contribution in [3.8, 4) is 0 Å². The lowest BCUT2D eigenvalue weighted by Gasteiger charge is -2.35. The van der Waals surface area contributed by atoms with E-state index in [2.05, 4.69) is 15.9 Å². The monoisotopic (exact) mass is 304 g/mol. The first-order valence-electron chi connectivity index (χ1n) is 6.12. The Morgan fingerprint density at radius 2 is 1.53 bits per heavy atom. The fourth-order valence-corrected chi connectivity index (χ4v) is 2.20. The number of carbonyl (C=O) groups excluding carboxylic acids is 2. The molecule has 0 saturated carbocycles. The fraction of sp³-hybridized carbons (Fsp3) is 0.833. The Labute approximate surface area is 111 Å². The second-order valence-corrected chi connectivity index (χ2v) is 6.29. The molecule has 0 aromatic heterocycles. The van der Waals surface area contributed by atoms with Crippen LogP contribution in [0.1, 0.15) is 27.2 Å². The molecule has 0 spiro atoms. The Kier molecular flexibility index (Phi) is 5.43. The normalized spacial score (nSPS) is 18.4. The van der Waals surface area contributed by atoms with Crippen LogP contribution >= 0.6 is 15.9 Å². The van der Waals surface area contributed by atoms with Gasteiger partial charge in [0.05, 0.1) is 4.83 Å². The molecule has 2 amide bonds. The number of nitrogens with zero attached hydrogens (tertiary/aromatic N) is 2. The third-order valence-electron chi connectivity index (χ3n) is 2.87. The minimum atomic E-state index is -0.139. The lowest BCUT2D eigenvalue weighted by Crippen LogP contribution is -2.52. The molecule has 1 aliphatic rings. The van der Waals surface area contributed by atoms with E-state index in [1.165, 1.54) is 0 Å². The maximum absolute atomic E-state index is 11.8. The van der Waals surface area contributed by atoms with Gasteiger partial charge in [0.15, 0.2) is 0 Å². The van der Waals surface area contributed by atoms with Crippen molar-refractivity contribution in [1.29, 1.82) is 0 Å². The van der Waals surface area contributed by atoms with Gasteiger partial charge in [0.25, 0.3) is 0 Å². The van der Waals surface area contributed by atoms with Gasteiger partial charge in [-0.3, -0.25) is 9.59 Å². The number of amides is 2. The highest BCUT2D eigenvalue weighted by molar-refractivity contribution is 9.10. The smallest absolute Gasteiger partial charge is 0.236 e. The van der Waals surface area contributed by atoms with E-state index >= 15 is 0 Å². The van der Waals surface area contributed by atoms with Crippen LogP contribution in [0.3, 0.4) is 0 Å². The number of hydrogen-bond acceptors (Lipinski definition) is 2. The van der Waals surface area contributed by atoms with E-state index in [4.69, 9.17) is 0 Å². The zero-order valence-electron chi connectivity index (χ0n) is 10.8. The summed E-state index contributed by atoms with van der Waals surface area (Å²) in [5, 5.41) is 0. The molecule has 0 N–H and O–H groups in total. The topological polar surface area (TPSA) is 40.6 Å². The first-order chi connectivity index (χ1) is 7.91. The van der Waals surface area contributed by atoms with Crippen LogP contribution in [0.2, 0.25) is 0 Å². The minimum absolute atomic E-state index is 0.112. The number of piperazine rings is 1. The molecule has 17 heavy (non-hydrogen) atoms. The number of halogens is 1. The zero-order chi connectivity index (χ0) is 13.0. The fourth-order valence-electron chi connectivity index (χ4n) is 1.91. The molecule has 1 aliphatic heterocycles. The van der Waals surface area contributed by atoms with Crippen LogP contribution in [-0.4, -0.2) is 52.6 Å². The summed E-state index contributed by atoms with van der Waals surface area (Å²) in [6, 6.07) is 0. The average Bonchev–Trinajstić information content (AvgIpc) is 2.27. The van der Waals surface area contributed by atoms with Crippen LogP contribution < -0.4 is 0 Å². The second kappa shape index (κ2) is 6.38. The highest BCUT2D eigenvalue weighted by atomic mass is 79.9. The summed E-state index contributed by atoms with van der Waals surface area (Å²) in [5.74, 6) is 0.713. The summed E-state index contributed by atoms with van der Waals surface area (Å²) in [5.41, 5.74) is 0. The lowest BCUT2D eigenvalue weighted by molar-refractivity contribution is -0.139. The summed E-state index contributed by atoms with van der Waals surface area (Å²) in [7, 11) is 0. The molecule has 0 aromatic rings. The standard InChI is InChI=1S/C12H21BrN2O2/c1-9(2)8-11(16)14-4-6-15(7-5-14)12(17)10(3)13/h9-10H,4-8H2,1-3H3. The van der Waals surface area contributed by atoms with Crippen molar-refractivity contribution in [2.24, 2.45) is 5.92 Å². The Balaban J connectivity index is 2.40. The van der Waals surface area contributed by atoms with Crippen molar-refractivity contribution in [2.45, 2.75) is 32.0 Å². The van der Waals surface area contributed by atoms with Gasteiger partial charge in [-0.25, -0.2) is 0 Å². The van der Waals surface area contributed by atoms with Gasteiger partial charge in [-0.05, 0) is 12.8 Å². The third kappa shape index (κ3) is 4.30. The summed E-state index contributed by atoms with van der Waals surface area (Å²) >= 11 is 3.28. The largest absolute Gasteiger partial charge is 0.339 e. The van der Waals surface area contributed by atoms with E-state index in [-0.39, 0.29) is 16.6 Å². The molecule has 98 valence electrons. The van der Waals surface area contributed by atoms with Gasteiger partial charge in [-0.1, -0.05) is 29.8 Å². The Hall–Kier alpha value is -0.580. The first-order valence-corrected chi connectivity index (χ1v) is 7.04. The van der Waals surface area contributed by atoms with Crippen molar-refractivity contribution in [1.82, 2.24) is 9.80 Å². The molecular weight excluding hydrogens is 284 g/mol. The minimum Gasteiger partial charge on any atom is -0.339 e. The molecule has 4 nitrogen and oxygen atoms in total. The maximum atomic E-state index is 11.8. The van der Waals surface area contributed by atoms with Crippen LogP contribution in [0.15, 0.2) is 0 Å². The van der Waals surface area contributed by atoms with E-state index in [1.54, 1.807) is 0 Å². The van der Waals surface area contributed by atoms with Crippen LogP contribution in [0.5, 0.6) is 0 Å². The molecule has 0 bridgehead atoms. The van der Waals surface area contributed by atoms with E-state index in [0.29, 0.717) is 38.5 Å². The quantitative estimate of drug-likeness (QED) is 0.741. The van der Waals surface area contributed by atoms with Crippen molar-refractivity contribution in [3.05, 3.63) is 0 Å². The van der Waals surface area contributed by atoms with Crippen LogP contribution in [0.4, 0.5) is 0 Å². The van der Waals surface area contributed by atoms with Crippen LogP contribution in [-0.2, 0) is 9.59 Å². The molecule has 1 fully saturated rings. The summed E-state index contributed by atoms with van der Waals surface area (Å²) < 4.78 is 0. The Bertz CT molecular complexity index is 284. The van der Waals surface area contributed by atoms with Crippen LogP contribution in [0.25, 0.3) is 0 Å². The molecular formula is C12H21BrN2O2. The van der Waals surface area contributed by atoms with Crippen molar-refractivity contribution in [3.63, 3.8) is 0 Å². The SMILES string of the molecule is CC(C)CC(=O)N1CCN(C(=O)C(C)Br)CC1. The molecule has 1 saturated heterocycles. The number of carbonyl (C=O) groups is 2. The Morgan fingerprint density at radius 3 is 1.94 bits per heavy atom. The van der Waals surface area contributed by atoms with Crippen molar-refractivity contribution in [2.75, 3.05) is 26.2 Å². The number of rotatable bonds is 3. The number of hydrogen-bond donors (Lipinski definition) is 0. The predicted octanol–water partition coefficient (Wildman–Crippen LogP) is 1.49. The first kappa shape index (κ1) is 14.5. The molecule has 5 heteroatoms. The second-order valence-electron chi connectivity index (χ2n) is 4.92. The van der Waals surface area contributed by atoms with Gasteiger partial charge in [0.1, 0.15) is 0 Å². The summed E-state index contributed by atoms with van der Waals surface area (Å²) in [6.45, 7) is 8.55. The van der Waals surface area contributed by atoms with Gasteiger partial charge in [-0.15, -0.1) is 0 Å². The van der Waals surface area contributed by atoms with Gasteiger partial charge in [0.2, 0.25) is 11.8 Å². The average molecular weight is 305 g/mol. The highest BCUT2D eigenvalue weighted by Crippen LogP contribution is 2.11. The van der Waals surface area contributed by atoms with E-state index in [1.807, 2.05) is 30.6 Å². The Morgan fingerprint density at radius 1 is 1.06 bits per heavy atom. The molecule has 1 heterocycles. The predicted molar refractivity (Wildman–Crippen MR) is 71.0 cm³/mol. The molecule has 1 rings (SSSR count). The van der Waals surface area contributed by atoms with Gasteiger partial charge < -0.3 is 9.80 Å². The maximum Gasteiger partial charge on any atom is 0.236 e. The summed E-state index contributed by atoms with van der Waals surface area (Å²) in [4.78, 5) is 27.1.